The van der Waals surface area contributed by atoms with Gasteiger partial charge in [0.15, 0.2) is 5.69 Å². The number of pyridine rings is 1. The van der Waals surface area contributed by atoms with Crippen LogP contribution in [0.15, 0.2) is 12.3 Å². The molecule has 1 heterocycles. The van der Waals surface area contributed by atoms with Gasteiger partial charge >= 0.3 is 18.3 Å². The lowest BCUT2D eigenvalue weighted by atomic mass is 10.1. The van der Waals surface area contributed by atoms with Gasteiger partial charge in [0.1, 0.15) is 0 Å². The van der Waals surface area contributed by atoms with Crippen LogP contribution in [0.3, 0.4) is 0 Å². The minimum atomic E-state index is -5.05. The first-order valence-electron chi connectivity index (χ1n) is 4.89. The fourth-order valence-electron chi connectivity index (χ4n) is 1.21. The van der Waals surface area contributed by atoms with E-state index in [1.807, 2.05) is 0 Å². The zero-order chi connectivity index (χ0) is 14.8. The molecule has 3 nitrogen and oxygen atoms in total. The molecule has 1 rings (SSSR count). The summed E-state index contributed by atoms with van der Waals surface area (Å²) in [6.45, 7) is 1.04. The molecule has 9 heteroatoms. The van der Waals surface area contributed by atoms with Gasteiger partial charge in [0.25, 0.3) is 0 Å². The van der Waals surface area contributed by atoms with E-state index < -0.39 is 35.1 Å². The highest BCUT2D eigenvalue weighted by molar-refractivity contribution is 5.91. The molecule has 0 saturated carbocycles. The summed E-state index contributed by atoms with van der Waals surface area (Å²) < 4.78 is 79.0. The second-order valence-corrected chi connectivity index (χ2v) is 3.34. The molecule has 0 bridgehead atoms. The number of aromatic nitrogens is 1. The van der Waals surface area contributed by atoms with Crippen LogP contribution in [0.25, 0.3) is 0 Å². The topological polar surface area (TPSA) is 39.2 Å². The average molecular weight is 287 g/mol. The Morgan fingerprint density at radius 1 is 1.21 bits per heavy atom. The molecule has 0 aliphatic rings. The quantitative estimate of drug-likeness (QED) is 0.619. The first-order valence-corrected chi connectivity index (χ1v) is 4.89. The van der Waals surface area contributed by atoms with E-state index in [1.165, 1.54) is 6.92 Å². The van der Waals surface area contributed by atoms with Crippen LogP contribution in [0.5, 0.6) is 0 Å². The van der Waals surface area contributed by atoms with Gasteiger partial charge in [0.05, 0.1) is 17.7 Å². The maximum absolute atomic E-state index is 12.5. The predicted molar refractivity (Wildman–Crippen MR) is 50.2 cm³/mol. The minimum Gasteiger partial charge on any atom is -0.462 e. The maximum Gasteiger partial charge on any atom is 0.434 e. The minimum absolute atomic E-state index is 0.0194. The van der Waals surface area contributed by atoms with Crippen molar-refractivity contribution in [3.8, 4) is 0 Å². The van der Waals surface area contributed by atoms with Crippen molar-refractivity contribution in [3.05, 3.63) is 29.1 Å². The van der Waals surface area contributed by atoms with Crippen molar-refractivity contribution in [2.45, 2.75) is 19.3 Å². The van der Waals surface area contributed by atoms with Crippen molar-refractivity contribution < 1.29 is 35.9 Å². The molecule has 0 fully saturated rings. The zero-order valence-corrected chi connectivity index (χ0v) is 9.39. The van der Waals surface area contributed by atoms with E-state index in [2.05, 4.69) is 9.72 Å². The van der Waals surface area contributed by atoms with E-state index in [0.717, 1.165) is 0 Å². The molecule has 0 aliphatic carbocycles. The lowest BCUT2D eigenvalue weighted by Crippen LogP contribution is -2.19. The summed E-state index contributed by atoms with van der Waals surface area (Å²) in [5.41, 5.74) is -4.42. The van der Waals surface area contributed by atoms with Crippen LogP contribution in [0.2, 0.25) is 0 Å². The second-order valence-electron chi connectivity index (χ2n) is 3.34. The molecule has 19 heavy (non-hydrogen) atoms. The van der Waals surface area contributed by atoms with E-state index in [-0.39, 0.29) is 18.9 Å². The smallest absolute Gasteiger partial charge is 0.434 e. The number of hydrogen-bond donors (Lipinski definition) is 0. The molecule has 1 aromatic heterocycles. The standard InChI is InChI=1S/C10H7F6NO2/c1-2-19-8(18)6-3-5(9(11,12)13)4-17-7(6)10(14,15)16/h3-4H,2H2,1H3. The molecular weight excluding hydrogens is 280 g/mol. The Labute approximate surface area is 103 Å². The summed E-state index contributed by atoms with van der Waals surface area (Å²) in [5.74, 6) is -1.51. The molecule has 0 unspecified atom stereocenters. The molecule has 0 spiro atoms. The van der Waals surface area contributed by atoms with Gasteiger partial charge in [0, 0.05) is 6.20 Å². The number of esters is 1. The third-order valence-corrected chi connectivity index (χ3v) is 1.98. The summed E-state index contributed by atoms with van der Waals surface area (Å²) >= 11 is 0. The molecule has 0 amide bonds. The third-order valence-electron chi connectivity index (χ3n) is 1.98. The molecule has 0 radical (unpaired) electrons. The fraction of sp³-hybridized carbons (Fsp3) is 0.400. The molecule has 0 atom stereocenters. The zero-order valence-electron chi connectivity index (χ0n) is 9.39. The van der Waals surface area contributed by atoms with E-state index in [0.29, 0.717) is 0 Å². The van der Waals surface area contributed by atoms with Crippen LogP contribution in [0.4, 0.5) is 26.3 Å². The van der Waals surface area contributed by atoms with E-state index in [9.17, 15) is 31.1 Å². The number of rotatable bonds is 2. The highest BCUT2D eigenvalue weighted by atomic mass is 19.4. The number of carbonyl (C=O) groups is 1. The summed E-state index contributed by atoms with van der Waals surface area (Å²) in [6.07, 6.45) is -9.93. The van der Waals surface area contributed by atoms with Gasteiger partial charge in [0.2, 0.25) is 0 Å². The Morgan fingerprint density at radius 2 is 1.79 bits per heavy atom. The highest BCUT2D eigenvalue weighted by Gasteiger charge is 2.40. The number of nitrogens with zero attached hydrogens (tertiary/aromatic N) is 1. The third kappa shape index (κ3) is 3.58. The number of hydrogen-bond acceptors (Lipinski definition) is 3. The maximum atomic E-state index is 12.5. The summed E-state index contributed by atoms with van der Waals surface area (Å²) in [6, 6.07) is 0.0772. The SMILES string of the molecule is CCOC(=O)c1cc(C(F)(F)F)cnc1C(F)(F)F. The normalized spacial score (nSPS) is 12.4. The van der Waals surface area contributed by atoms with Gasteiger partial charge in [-0.25, -0.2) is 4.79 Å². The fourth-order valence-corrected chi connectivity index (χ4v) is 1.21. The van der Waals surface area contributed by atoms with Crippen molar-refractivity contribution >= 4 is 5.97 Å². The molecule has 0 aliphatic heterocycles. The molecular formula is C10H7F6NO2. The lowest BCUT2D eigenvalue weighted by molar-refractivity contribution is -0.144. The van der Waals surface area contributed by atoms with Crippen LogP contribution >= 0.6 is 0 Å². The van der Waals surface area contributed by atoms with Gasteiger partial charge in [-0.05, 0) is 13.0 Å². The Balaban J connectivity index is 3.39. The Kier molecular flexibility index (Phi) is 4.06. The second kappa shape index (κ2) is 5.06. The Morgan fingerprint density at radius 3 is 2.21 bits per heavy atom. The van der Waals surface area contributed by atoms with Crippen LogP contribution in [-0.2, 0) is 17.1 Å². The molecule has 0 aromatic carbocycles. The van der Waals surface area contributed by atoms with Crippen molar-refractivity contribution in [3.63, 3.8) is 0 Å². The highest BCUT2D eigenvalue weighted by Crippen LogP contribution is 2.35. The van der Waals surface area contributed by atoms with E-state index >= 15 is 0 Å². The predicted octanol–water partition coefficient (Wildman–Crippen LogP) is 3.30. The summed E-state index contributed by atoms with van der Waals surface area (Å²) in [4.78, 5) is 13.9. The average Bonchev–Trinajstić information content (AvgIpc) is 2.26. The lowest BCUT2D eigenvalue weighted by Gasteiger charge is -2.13. The summed E-state index contributed by atoms with van der Waals surface area (Å²) in [7, 11) is 0. The van der Waals surface area contributed by atoms with Gasteiger partial charge < -0.3 is 4.74 Å². The van der Waals surface area contributed by atoms with Crippen molar-refractivity contribution in [1.29, 1.82) is 0 Å². The Hall–Kier alpha value is -1.80. The molecule has 1 aromatic rings. The van der Waals surface area contributed by atoms with Crippen LogP contribution in [-0.4, -0.2) is 17.6 Å². The molecule has 106 valence electrons. The first-order chi connectivity index (χ1) is 8.57. The van der Waals surface area contributed by atoms with Gasteiger partial charge in [-0.1, -0.05) is 0 Å². The first kappa shape index (κ1) is 15.3. The van der Waals surface area contributed by atoms with Crippen LogP contribution in [0.1, 0.15) is 28.5 Å². The Bertz CT molecular complexity index is 480. The van der Waals surface area contributed by atoms with Crippen LogP contribution < -0.4 is 0 Å². The van der Waals surface area contributed by atoms with E-state index in [4.69, 9.17) is 0 Å². The number of halogens is 6. The number of alkyl halides is 6. The summed E-state index contributed by atoms with van der Waals surface area (Å²) in [5, 5.41) is 0. The van der Waals surface area contributed by atoms with Crippen molar-refractivity contribution in [1.82, 2.24) is 4.98 Å². The van der Waals surface area contributed by atoms with Gasteiger partial charge in [-0.15, -0.1) is 0 Å². The van der Waals surface area contributed by atoms with Crippen molar-refractivity contribution in [2.75, 3.05) is 6.61 Å². The number of ether oxygens (including phenoxy) is 1. The van der Waals surface area contributed by atoms with E-state index in [1.54, 1.807) is 0 Å². The molecule has 0 N–H and O–H groups in total. The number of carbonyl (C=O) groups excluding carboxylic acids is 1. The van der Waals surface area contributed by atoms with Gasteiger partial charge in [-0.2, -0.15) is 26.3 Å². The van der Waals surface area contributed by atoms with Gasteiger partial charge in [-0.3, -0.25) is 4.98 Å². The monoisotopic (exact) mass is 287 g/mol. The largest absolute Gasteiger partial charge is 0.462 e. The van der Waals surface area contributed by atoms with Crippen molar-refractivity contribution in [2.24, 2.45) is 0 Å². The molecule has 0 saturated heterocycles. The van der Waals surface area contributed by atoms with Crippen LogP contribution in [0, 0.1) is 0 Å².